The van der Waals surface area contributed by atoms with Gasteiger partial charge in [0.1, 0.15) is 17.5 Å². The van der Waals surface area contributed by atoms with Gasteiger partial charge in [0.2, 0.25) is 18.1 Å². The summed E-state index contributed by atoms with van der Waals surface area (Å²) in [5.74, 6) is 0. The van der Waals surface area contributed by atoms with E-state index < -0.39 is 32.6 Å². The summed E-state index contributed by atoms with van der Waals surface area (Å²) in [5.41, 5.74) is 0.590. The van der Waals surface area contributed by atoms with Gasteiger partial charge in [0.25, 0.3) is 5.65 Å². The van der Waals surface area contributed by atoms with Crippen LogP contribution in [0.25, 0.3) is 11.2 Å². The topological polar surface area (TPSA) is 111 Å². The van der Waals surface area contributed by atoms with E-state index in [1.165, 1.54) is 6.33 Å². The van der Waals surface area contributed by atoms with E-state index in [4.69, 9.17) is 9.26 Å². The molecule has 2 aromatic heterocycles. The molecule has 2 aromatic rings. The van der Waals surface area contributed by atoms with Gasteiger partial charge in [0, 0.05) is 12.1 Å². The second-order valence-electron chi connectivity index (χ2n) is 7.64. The Kier molecular flexibility index (Phi) is 8.63. The number of fused-ring (bicyclic) bond motifs is 1. The molecule has 11 heteroatoms. The Morgan fingerprint density at radius 3 is 2.69 bits per heavy atom. The van der Waals surface area contributed by atoms with Crippen LogP contribution in [-0.4, -0.2) is 55.3 Å². The number of hydrogen-bond donors (Lipinski definition) is 3. The number of ether oxygens (including phenoxy) is 1. The fourth-order valence-corrected chi connectivity index (χ4v) is 4.15. The molecule has 2 rings (SSSR count). The molecule has 0 amide bonds. The Bertz CT molecular complexity index is 849. The first-order valence-electron chi connectivity index (χ1n) is 9.67. The molecule has 0 radical (unpaired) electrons. The zero-order valence-electron chi connectivity index (χ0n) is 17.6. The molecule has 164 valence electrons. The first-order valence-corrected chi connectivity index (χ1v) is 11.5. The molecule has 0 spiro atoms. The van der Waals surface area contributed by atoms with E-state index in [-0.39, 0.29) is 12.3 Å². The number of imidazole rings is 1. The molecule has 0 saturated carbocycles. The highest BCUT2D eigenvalue weighted by Gasteiger charge is 2.33. The number of hydrogen-bond acceptors (Lipinski definition) is 8. The summed E-state index contributed by atoms with van der Waals surface area (Å²) in [6.07, 6.45) is 2.23. The van der Waals surface area contributed by atoms with E-state index in [1.54, 1.807) is 15.5 Å². The SMILES string of the molecule is CCC(C)(CCO[C@H]([C@H](O)CO)n1c[n+](C)c2c(S)ncnc21)O[PH](=O)C(C)C. The van der Waals surface area contributed by atoms with Gasteiger partial charge in [-0.1, -0.05) is 20.8 Å². The standard InChI is InChI=1S/C18H31N4O5PS/c1-6-18(4,27-28(25)12(2)3)7-8-26-17(13(24)9-23)22-11-21(5)14-15(22)19-10-20-16(14)29/h10-13,17,23-24,28H,6-9H2,1-5H3/p+1/t13-,17-,18?/m1/s1. The molecule has 0 saturated heterocycles. The smallest absolute Gasteiger partial charge is 0.275 e. The monoisotopic (exact) mass is 447 g/mol. The van der Waals surface area contributed by atoms with E-state index in [2.05, 4.69) is 22.6 Å². The summed E-state index contributed by atoms with van der Waals surface area (Å²) in [7, 11) is -0.341. The summed E-state index contributed by atoms with van der Waals surface area (Å²) >= 11 is 4.36. The van der Waals surface area contributed by atoms with Gasteiger partial charge in [-0.05, 0) is 13.3 Å². The maximum Gasteiger partial charge on any atom is 0.275 e. The lowest BCUT2D eigenvalue weighted by molar-refractivity contribution is -0.647. The van der Waals surface area contributed by atoms with Crippen molar-refractivity contribution in [3.8, 4) is 0 Å². The zero-order valence-corrected chi connectivity index (χ0v) is 19.5. The summed E-state index contributed by atoms with van der Waals surface area (Å²) in [6, 6.07) is 0. The highest BCUT2D eigenvalue weighted by atomic mass is 32.1. The molecule has 0 aromatic carbocycles. The minimum Gasteiger partial charge on any atom is -0.393 e. The number of aryl methyl sites for hydroxylation is 1. The lowest BCUT2D eigenvalue weighted by Gasteiger charge is -2.30. The first-order chi connectivity index (χ1) is 13.6. The summed E-state index contributed by atoms with van der Waals surface area (Å²) in [4.78, 5) is 8.36. The molecule has 0 aliphatic carbocycles. The van der Waals surface area contributed by atoms with E-state index in [0.29, 0.717) is 29.0 Å². The second kappa shape index (κ2) is 10.3. The average molecular weight is 448 g/mol. The molecule has 2 heterocycles. The summed E-state index contributed by atoms with van der Waals surface area (Å²) in [6.45, 7) is 7.38. The number of aromatic nitrogens is 4. The third-order valence-electron chi connectivity index (χ3n) is 4.95. The summed E-state index contributed by atoms with van der Waals surface area (Å²) in [5, 5.41) is 20.4. The van der Waals surface area contributed by atoms with Crippen LogP contribution in [0.5, 0.6) is 0 Å². The predicted molar refractivity (Wildman–Crippen MR) is 113 cm³/mol. The number of aliphatic hydroxyl groups is 2. The molecule has 0 aliphatic heterocycles. The predicted octanol–water partition coefficient (Wildman–Crippen LogP) is 1.87. The quantitative estimate of drug-likeness (QED) is 0.209. The second-order valence-corrected chi connectivity index (χ2v) is 10.1. The van der Waals surface area contributed by atoms with Gasteiger partial charge >= 0.3 is 0 Å². The third-order valence-corrected chi connectivity index (χ3v) is 6.92. The van der Waals surface area contributed by atoms with Gasteiger partial charge in [-0.15, -0.1) is 12.6 Å². The maximum absolute atomic E-state index is 12.2. The number of thiol groups is 1. The molecule has 0 aliphatic rings. The Balaban J connectivity index is 2.21. The molecule has 2 N–H and O–H groups in total. The molecule has 29 heavy (non-hydrogen) atoms. The van der Waals surface area contributed by atoms with Crippen LogP contribution in [0.1, 0.15) is 46.8 Å². The molecule has 9 nitrogen and oxygen atoms in total. The van der Waals surface area contributed by atoms with Crippen molar-refractivity contribution in [2.45, 2.75) is 69.2 Å². The highest BCUT2D eigenvalue weighted by molar-refractivity contribution is 7.80. The third kappa shape index (κ3) is 5.77. The van der Waals surface area contributed by atoms with Crippen LogP contribution in [0.15, 0.2) is 17.7 Å². The van der Waals surface area contributed by atoms with Crippen LogP contribution < -0.4 is 4.57 Å². The summed E-state index contributed by atoms with van der Waals surface area (Å²) < 4.78 is 27.4. The fraction of sp³-hybridized carbons (Fsp3) is 0.722. The lowest BCUT2D eigenvalue weighted by atomic mass is 10.0. The number of rotatable bonds is 11. The zero-order chi connectivity index (χ0) is 21.8. The van der Waals surface area contributed by atoms with Gasteiger partial charge in [0.05, 0.1) is 25.9 Å². The van der Waals surface area contributed by atoms with E-state index in [9.17, 15) is 14.8 Å². The van der Waals surface area contributed by atoms with E-state index in [0.717, 1.165) is 0 Å². The van der Waals surface area contributed by atoms with Crippen LogP contribution in [0, 0.1) is 0 Å². The van der Waals surface area contributed by atoms with Crippen molar-refractivity contribution in [1.29, 1.82) is 0 Å². The van der Waals surface area contributed by atoms with Crippen molar-refractivity contribution >= 4 is 31.8 Å². The van der Waals surface area contributed by atoms with E-state index in [1.807, 2.05) is 34.7 Å². The molecular weight excluding hydrogens is 415 g/mol. The Labute approximate surface area is 177 Å². The van der Waals surface area contributed by atoms with Crippen LogP contribution >= 0.6 is 20.7 Å². The Morgan fingerprint density at radius 2 is 2.10 bits per heavy atom. The van der Waals surface area contributed by atoms with Gasteiger partial charge in [-0.25, -0.2) is 9.55 Å². The Morgan fingerprint density at radius 1 is 1.41 bits per heavy atom. The van der Waals surface area contributed by atoms with Crippen LogP contribution in [0.3, 0.4) is 0 Å². The molecule has 0 fully saturated rings. The molecule has 4 atom stereocenters. The maximum atomic E-state index is 12.2. The van der Waals surface area contributed by atoms with Gasteiger partial charge in [-0.3, -0.25) is 4.57 Å². The van der Waals surface area contributed by atoms with Crippen molar-refractivity contribution in [3.05, 3.63) is 12.7 Å². The minimum atomic E-state index is -2.16. The van der Waals surface area contributed by atoms with Crippen molar-refractivity contribution in [2.75, 3.05) is 13.2 Å². The van der Waals surface area contributed by atoms with Crippen LogP contribution in [-0.2, 0) is 20.9 Å². The van der Waals surface area contributed by atoms with Crippen LogP contribution in [0.2, 0.25) is 0 Å². The largest absolute Gasteiger partial charge is 0.393 e. The van der Waals surface area contributed by atoms with Gasteiger partial charge < -0.3 is 19.5 Å². The average Bonchev–Trinajstić information content (AvgIpc) is 3.02. The van der Waals surface area contributed by atoms with Crippen molar-refractivity contribution in [3.63, 3.8) is 0 Å². The van der Waals surface area contributed by atoms with Crippen molar-refractivity contribution in [2.24, 2.45) is 7.05 Å². The lowest BCUT2D eigenvalue weighted by Crippen LogP contribution is -2.34. The number of nitrogens with zero attached hydrogens (tertiary/aromatic N) is 4. The first kappa shape index (κ1) is 24.2. The molecule has 2 unspecified atom stereocenters. The van der Waals surface area contributed by atoms with E-state index >= 15 is 0 Å². The van der Waals surface area contributed by atoms with Crippen molar-refractivity contribution < 1.29 is 28.6 Å². The molecule has 0 bridgehead atoms. The minimum absolute atomic E-state index is 0.0305. The van der Waals surface area contributed by atoms with Crippen molar-refractivity contribution in [1.82, 2.24) is 14.5 Å². The highest BCUT2D eigenvalue weighted by Crippen LogP contribution is 2.38. The Hall–Kier alpha value is -1.03. The van der Waals surface area contributed by atoms with Crippen LogP contribution in [0.4, 0.5) is 0 Å². The number of aliphatic hydroxyl groups excluding tert-OH is 2. The fourth-order valence-electron chi connectivity index (χ4n) is 2.87. The normalized spacial score (nSPS) is 17.4. The van der Waals surface area contributed by atoms with Gasteiger partial charge in [-0.2, -0.15) is 9.55 Å². The molecular formula is C18H32N4O5PS+. The van der Waals surface area contributed by atoms with Gasteiger partial charge in [0.15, 0.2) is 8.03 Å².